The van der Waals surface area contributed by atoms with Gasteiger partial charge in [0.2, 0.25) is 17.5 Å². The zero-order valence-electron chi connectivity index (χ0n) is 50.8. The van der Waals surface area contributed by atoms with Crippen molar-refractivity contribution in [3.63, 3.8) is 0 Å². The predicted molar refractivity (Wildman–Crippen MR) is 338 cm³/mol. The van der Waals surface area contributed by atoms with Gasteiger partial charge >= 0.3 is 35.3 Å². The number of ether oxygens (including phenoxy) is 2. The summed E-state index contributed by atoms with van der Waals surface area (Å²) >= 11 is 0. The number of allylic oxidation sites excluding steroid dienone is 3. The molecule has 0 aliphatic carbocycles. The Morgan fingerprint density at radius 2 is 0.902 bits per heavy atom. The lowest BCUT2D eigenvalue weighted by Crippen LogP contribution is -2.25. The minimum Gasteiger partial charge on any atom is -0.457 e. The van der Waals surface area contributed by atoms with Gasteiger partial charge in [-0.15, -0.1) is 28.5 Å². The van der Waals surface area contributed by atoms with Crippen molar-refractivity contribution in [1.82, 2.24) is 0 Å². The van der Waals surface area contributed by atoms with Gasteiger partial charge in [0.05, 0.1) is 30.6 Å². The van der Waals surface area contributed by atoms with Crippen LogP contribution >= 0.6 is 0 Å². The lowest BCUT2D eigenvalue weighted by atomic mass is 10.1. The van der Waals surface area contributed by atoms with Crippen molar-refractivity contribution >= 4 is 76.6 Å². The summed E-state index contributed by atoms with van der Waals surface area (Å²) in [4.78, 5) is 94.0. The highest BCUT2D eigenvalue weighted by atomic mass is 32.2. The molecule has 0 fully saturated rings. The molecular formula is C60H70F3N9O17S3. The van der Waals surface area contributed by atoms with Gasteiger partial charge in [0.15, 0.2) is 0 Å². The number of hydrogen-bond donors (Lipinski definition) is 2. The molecule has 0 bridgehead atoms. The molecule has 0 spiro atoms. The number of nitrogens with two attached hydrogens (primary N) is 2. The van der Waals surface area contributed by atoms with Crippen molar-refractivity contribution in [2.24, 2.45) is 41.1 Å². The lowest BCUT2D eigenvalue weighted by Gasteiger charge is -2.17. The van der Waals surface area contributed by atoms with E-state index in [1.54, 1.807) is 76.3 Å². The van der Waals surface area contributed by atoms with Crippen LogP contribution in [0.2, 0.25) is 0 Å². The van der Waals surface area contributed by atoms with Crippen molar-refractivity contribution in [1.29, 1.82) is 5.26 Å². The summed E-state index contributed by atoms with van der Waals surface area (Å²) in [5.74, 6) is -6.70. The maximum atomic E-state index is 13.6. The molecule has 0 saturated carbocycles. The van der Waals surface area contributed by atoms with Crippen molar-refractivity contribution in [3.05, 3.63) is 229 Å². The lowest BCUT2D eigenvalue weighted by molar-refractivity contribution is -0.387. The van der Waals surface area contributed by atoms with Crippen LogP contribution in [0.3, 0.4) is 0 Å². The van der Waals surface area contributed by atoms with E-state index < -0.39 is 121 Å². The first-order chi connectivity index (χ1) is 43.1. The Balaban J connectivity index is 0.00000123. The molecule has 0 aliphatic heterocycles. The second kappa shape index (κ2) is 42.3. The highest BCUT2D eigenvalue weighted by Gasteiger charge is 2.26. The van der Waals surface area contributed by atoms with E-state index in [1.165, 1.54) is 19.1 Å². The van der Waals surface area contributed by atoms with E-state index in [-0.39, 0.29) is 52.3 Å². The first-order valence-electron chi connectivity index (χ1n) is 26.8. The van der Waals surface area contributed by atoms with Gasteiger partial charge < -0.3 is 9.47 Å². The number of carbonyl (C=O) groups is 4. The van der Waals surface area contributed by atoms with Gasteiger partial charge in [0.1, 0.15) is 37.8 Å². The van der Waals surface area contributed by atoms with Gasteiger partial charge in [-0.3, -0.25) is 44.7 Å². The average molecular weight is 1340 g/mol. The Bertz CT molecular complexity index is 3840. The average Bonchev–Trinajstić information content (AvgIpc) is 1.56. The number of carbonyl (C=O) groups excluding carboxylic acids is 6. The number of nitrogens with zero attached hydrogens (tertiary/aromatic N) is 7. The normalized spacial score (nSPS) is 13.6. The summed E-state index contributed by atoms with van der Waals surface area (Å²) < 4.78 is 98.1. The van der Waals surface area contributed by atoms with Crippen LogP contribution in [0.15, 0.2) is 172 Å². The highest BCUT2D eigenvalue weighted by Crippen LogP contribution is 2.24. The number of hydrogen-bond acceptors (Lipinski definition) is 18. The maximum absolute atomic E-state index is 13.6. The molecule has 5 aromatic carbocycles. The van der Waals surface area contributed by atoms with Crippen LogP contribution in [0.4, 0.5) is 35.0 Å². The molecule has 2 unspecified atom stereocenters. The molecule has 0 heterocycles. The van der Waals surface area contributed by atoms with Crippen molar-refractivity contribution in [2.75, 3.05) is 23.0 Å². The third kappa shape index (κ3) is 33.2. The Hall–Kier alpha value is -9.77. The first-order valence-corrected chi connectivity index (χ1v) is 32.2. The predicted octanol–water partition coefficient (Wildman–Crippen LogP) is 12.4. The second-order valence-electron chi connectivity index (χ2n) is 19.4. The van der Waals surface area contributed by atoms with E-state index in [0.29, 0.717) is 19.3 Å². The Morgan fingerprint density at radius 3 is 1.27 bits per heavy atom. The number of nitro groups is 3. The molecule has 26 nitrogen and oxygen atoms in total. The molecule has 4 N–H and O–H groups in total. The van der Waals surface area contributed by atoms with Crippen molar-refractivity contribution in [3.8, 4) is 6.07 Å². The Labute approximate surface area is 530 Å². The van der Waals surface area contributed by atoms with Crippen molar-refractivity contribution in [2.45, 2.75) is 73.0 Å². The highest BCUT2D eigenvalue weighted by molar-refractivity contribution is 7.94. The van der Waals surface area contributed by atoms with Gasteiger partial charge in [-0.1, -0.05) is 112 Å². The molecule has 32 heteroatoms. The zero-order chi connectivity index (χ0) is 70.4. The standard InChI is InChI=1S/C23H25FN2O6S.C15H22N2O3S.C13H16FN3O4S.C6H4FNO2.C2H3N.CO2/c1-4-8-16(2)14-33(31,15-22(27)32-17(3)18-9-6-5-7-10-18)25-23(28)19-11-12-20(24)21(13-19)26(29)30;1-4-8-12(2)11-21(16,19)17-15(18)20-13(3)14-9-6-5-7-10-14;1-3-4-9(2)8-22(15,21)16-13(18)10-5-6-11(14)12(7-10)17(19)20;7-5-3-1-2-4-6(5)8(9)10;1-2-3;2-1-3/h4-7,9-13,16-17H,1,8,14-15H2,2-3H3;4-7,9-10,12-13H,1,8,11H2,2-3H3,(H2,16,17,18,19);3,5-7,9H,1,4,8H2,2H3,(H2,15,16,18,21);1-4H;1H3;/t16-,17-,33+;12-,13-,21?;9-,22?;;;/m000.../s1. The molecular weight excluding hydrogens is 1270 g/mol. The quantitative estimate of drug-likeness (QED) is 0.0265. The maximum Gasteiger partial charge on any atom is 0.443 e. The van der Waals surface area contributed by atoms with E-state index in [4.69, 9.17) is 34.6 Å². The third-order valence-electron chi connectivity index (χ3n) is 11.3. The van der Waals surface area contributed by atoms with Crippen LogP contribution in [-0.4, -0.2) is 80.4 Å². The summed E-state index contributed by atoms with van der Waals surface area (Å²) in [7, 11) is -9.80. The summed E-state index contributed by atoms with van der Waals surface area (Å²) in [5, 5.41) is 50.0. The van der Waals surface area contributed by atoms with E-state index >= 15 is 0 Å². The number of para-hydroxylation sites is 1. The fraction of sp³-hybridized carbons (Fsp3) is 0.300. The number of nitriles is 1. The van der Waals surface area contributed by atoms with E-state index in [0.717, 1.165) is 59.7 Å². The fourth-order valence-corrected chi connectivity index (χ4v) is 12.2. The van der Waals surface area contributed by atoms with Gasteiger partial charge in [-0.25, -0.2) is 27.7 Å². The monoisotopic (exact) mass is 1340 g/mol. The van der Waals surface area contributed by atoms with E-state index in [2.05, 4.69) is 32.8 Å². The molecule has 0 aliphatic rings. The van der Waals surface area contributed by atoms with Gasteiger partial charge in [-0.2, -0.15) is 32.4 Å². The first kappa shape index (κ1) is 82.2. The van der Waals surface area contributed by atoms with Crippen molar-refractivity contribution < 1.29 is 78.8 Å². The minimum absolute atomic E-state index is 0.0198. The number of nitro benzene ring substituents is 3. The van der Waals surface area contributed by atoms with E-state index in [1.807, 2.05) is 43.3 Å². The summed E-state index contributed by atoms with van der Waals surface area (Å²) in [6.07, 6.45) is 4.93. The molecule has 3 amide bonds. The van der Waals surface area contributed by atoms with Crippen LogP contribution in [0.1, 0.15) is 105 Å². The molecule has 0 radical (unpaired) electrons. The number of benzene rings is 5. The van der Waals surface area contributed by atoms with Crippen LogP contribution in [0.25, 0.3) is 0 Å². The van der Waals surface area contributed by atoms with Crippen LogP contribution in [0, 0.1) is 76.9 Å². The minimum atomic E-state index is -3.44. The van der Waals surface area contributed by atoms with Gasteiger partial charge in [0.25, 0.3) is 11.8 Å². The largest absolute Gasteiger partial charge is 0.457 e. The van der Waals surface area contributed by atoms with Crippen LogP contribution < -0.4 is 10.3 Å². The molecule has 496 valence electrons. The summed E-state index contributed by atoms with van der Waals surface area (Å²) in [6.45, 7) is 21.0. The third-order valence-corrected chi connectivity index (χ3v) is 16.6. The SMILES string of the molecule is C=CC[C@H](C)CS(N)(=O)=NC(=O)O[C@@H](C)c1ccccc1.C=CC[C@H](C)CS(N)(=O)=NC(=O)c1ccc(F)c([N+](=O)[O-])c1.C=CC[C@H](C)C[S@@](=O)(CC(=O)O[C@@H](C)c1ccccc1)=NC(=O)c1ccc(F)c([N+](=O)[O-])c1.CC#N.O=C=O.O=[N+]([O-])c1ccccc1F. The van der Waals surface area contributed by atoms with Crippen LogP contribution in [0.5, 0.6) is 0 Å². The van der Waals surface area contributed by atoms with Gasteiger partial charge in [-0.05, 0) is 92.3 Å². The Morgan fingerprint density at radius 1 is 0.565 bits per heavy atom. The number of rotatable bonds is 23. The van der Waals surface area contributed by atoms with E-state index in [9.17, 15) is 75.3 Å². The molecule has 0 saturated heterocycles. The molecule has 8 atom stereocenters. The summed E-state index contributed by atoms with van der Waals surface area (Å²) in [5.41, 5.74) is -1.22. The molecule has 92 heavy (non-hydrogen) atoms. The number of halogens is 3. The smallest absolute Gasteiger partial charge is 0.443 e. The number of esters is 1. The van der Waals surface area contributed by atoms with Gasteiger partial charge in [0, 0.05) is 53.5 Å². The second-order valence-corrected chi connectivity index (χ2v) is 25.6. The topological polar surface area (TPSA) is 414 Å². The summed E-state index contributed by atoms with van der Waals surface area (Å²) in [6, 6.07) is 30.0. The number of amides is 3. The fourth-order valence-electron chi connectivity index (χ4n) is 7.39. The molecule has 0 aromatic heterocycles. The van der Waals surface area contributed by atoms with Crippen LogP contribution in [-0.2, 0) is 53.4 Å². The molecule has 5 aromatic rings. The Kier molecular flexibility index (Phi) is 37.8. The zero-order valence-corrected chi connectivity index (χ0v) is 53.3. The molecule has 5 rings (SSSR count).